The number of nitrogens with zero attached hydrogens (tertiary/aromatic N) is 3. The average molecular weight is 641 g/mol. The van der Waals surface area contributed by atoms with Gasteiger partial charge in [0.05, 0.1) is 33.5 Å². The first-order valence-corrected chi connectivity index (χ1v) is 11.5. The van der Waals surface area contributed by atoms with Gasteiger partial charge in [-0.05, 0) is 6.92 Å². The monoisotopic (exact) mass is 641 g/mol. The molecule has 0 radical (unpaired) electrons. The zero-order valence-corrected chi connectivity index (χ0v) is 21.5. The lowest BCUT2D eigenvalue weighted by atomic mass is 9.99. The summed E-state index contributed by atoms with van der Waals surface area (Å²) in [6.45, 7) is 0.578. The van der Waals surface area contributed by atoms with Gasteiger partial charge in [0.1, 0.15) is 29.5 Å². The third kappa shape index (κ3) is 4.41. The SMILES string of the molecule is Cc1c(F)c(F)c(/C(C#N)=C2/C(=C(/N)c3c(F)c(F)c(N)c(F)c3F)/C2=C(/C#N)c2c(F)c(F)c(C#N)c(F)c2F)c(F)c1F. The van der Waals surface area contributed by atoms with E-state index in [4.69, 9.17) is 16.7 Å². The molecule has 0 spiro atoms. The summed E-state index contributed by atoms with van der Waals surface area (Å²) in [4.78, 5) is 0. The van der Waals surface area contributed by atoms with Crippen LogP contribution in [0.3, 0.4) is 0 Å². The second-order valence-electron chi connectivity index (χ2n) is 8.93. The Morgan fingerprint density at radius 1 is 0.489 bits per heavy atom. The maximum Gasteiger partial charge on any atom is 0.185 e. The van der Waals surface area contributed by atoms with Gasteiger partial charge in [0.2, 0.25) is 0 Å². The first kappa shape index (κ1) is 32.0. The summed E-state index contributed by atoms with van der Waals surface area (Å²) >= 11 is 0. The van der Waals surface area contributed by atoms with Gasteiger partial charge in [-0.25, -0.2) is 52.7 Å². The summed E-state index contributed by atoms with van der Waals surface area (Å²) in [7, 11) is 0. The Bertz CT molecular complexity index is 2060. The fourth-order valence-corrected chi connectivity index (χ4v) is 4.35. The molecule has 0 aromatic heterocycles. The minimum atomic E-state index is -2.44. The van der Waals surface area contributed by atoms with E-state index >= 15 is 0 Å². The molecule has 0 saturated heterocycles. The Morgan fingerprint density at radius 2 is 0.822 bits per heavy atom. The highest BCUT2D eigenvalue weighted by Crippen LogP contribution is 2.56. The predicted octanol–water partition coefficient (Wildman–Crippen LogP) is 6.76. The molecule has 1 saturated carbocycles. The van der Waals surface area contributed by atoms with Gasteiger partial charge in [0.25, 0.3) is 0 Å². The third-order valence-electron chi connectivity index (χ3n) is 6.61. The number of benzene rings is 3. The van der Waals surface area contributed by atoms with Gasteiger partial charge in [-0.1, -0.05) is 0 Å². The zero-order valence-electron chi connectivity index (χ0n) is 21.5. The Kier molecular flexibility index (Phi) is 7.82. The molecule has 1 aliphatic carbocycles. The van der Waals surface area contributed by atoms with Crippen LogP contribution >= 0.6 is 0 Å². The molecule has 3 aromatic carbocycles. The molecule has 0 bridgehead atoms. The number of allylic oxidation sites excluding steroid dienone is 5. The Morgan fingerprint density at radius 3 is 1.16 bits per heavy atom. The number of halogens is 12. The molecule has 228 valence electrons. The van der Waals surface area contributed by atoms with E-state index in [1.807, 2.05) is 0 Å². The summed E-state index contributed by atoms with van der Waals surface area (Å²) in [6, 6.07) is 2.90. The first-order valence-electron chi connectivity index (χ1n) is 11.5. The van der Waals surface area contributed by atoms with Crippen molar-refractivity contribution in [2.24, 2.45) is 5.73 Å². The molecule has 3 aromatic rings. The summed E-state index contributed by atoms with van der Waals surface area (Å²) in [5, 5.41) is 28.3. The van der Waals surface area contributed by atoms with Crippen molar-refractivity contribution in [3.63, 3.8) is 0 Å². The Labute approximate surface area is 242 Å². The Balaban J connectivity index is 2.32. The lowest BCUT2D eigenvalue weighted by Crippen LogP contribution is -2.11. The van der Waals surface area contributed by atoms with Gasteiger partial charge in [-0.3, -0.25) is 0 Å². The Hall–Kier alpha value is -5.89. The van der Waals surface area contributed by atoms with Crippen LogP contribution in [0.1, 0.15) is 27.8 Å². The van der Waals surface area contributed by atoms with E-state index in [-0.39, 0.29) is 0 Å². The standard InChI is InChI=1S/C28H7F12N5/c1-5-15(29)19(33)11(20(34)16(5)30)6(2-41)9-10(7(3-42)12-21(35)17(31)8(4-43)18(32)22(12)36)13(9)27(44)14-23(37)25(39)28(45)26(40)24(14)38/h44-45H2,1H3/b9-6+,10-7-,27-13-. The third-order valence-corrected chi connectivity index (χ3v) is 6.61. The smallest absolute Gasteiger partial charge is 0.185 e. The van der Waals surface area contributed by atoms with Crippen molar-refractivity contribution < 1.29 is 52.7 Å². The van der Waals surface area contributed by atoms with Crippen molar-refractivity contribution in [1.29, 1.82) is 15.8 Å². The van der Waals surface area contributed by atoms with Crippen molar-refractivity contribution in [2.75, 3.05) is 5.73 Å². The predicted molar refractivity (Wildman–Crippen MR) is 129 cm³/mol. The maximum absolute atomic E-state index is 15.0. The second-order valence-corrected chi connectivity index (χ2v) is 8.93. The van der Waals surface area contributed by atoms with Crippen LogP contribution in [0.2, 0.25) is 0 Å². The quantitative estimate of drug-likeness (QED) is 0.142. The van der Waals surface area contributed by atoms with Crippen molar-refractivity contribution in [3.05, 3.63) is 114 Å². The van der Waals surface area contributed by atoms with E-state index in [0.717, 1.165) is 18.2 Å². The molecular weight excluding hydrogens is 634 g/mol. The molecular formula is C28H7F12N5. The fourth-order valence-electron chi connectivity index (χ4n) is 4.35. The van der Waals surface area contributed by atoms with Crippen molar-refractivity contribution in [2.45, 2.75) is 6.92 Å². The van der Waals surface area contributed by atoms with Crippen LogP contribution < -0.4 is 11.5 Å². The van der Waals surface area contributed by atoms with E-state index < -0.39 is 137 Å². The number of hydrogen-bond donors (Lipinski definition) is 2. The lowest BCUT2D eigenvalue weighted by molar-refractivity contribution is 0.442. The van der Waals surface area contributed by atoms with Gasteiger partial charge >= 0.3 is 0 Å². The number of hydrogen-bond acceptors (Lipinski definition) is 5. The van der Waals surface area contributed by atoms with Crippen molar-refractivity contribution in [3.8, 4) is 18.2 Å². The van der Waals surface area contributed by atoms with E-state index in [2.05, 4.69) is 0 Å². The fraction of sp³-hybridized carbons (Fsp3) is 0.0357. The van der Waals surface area contributed by atoms with Gasteiger partial charge in [0.15, 0.2) is 69.8 Å². The molecule has 0 aliphatic heterocycles. The van der Waals surface area contributed by atoms with Gasteiger partial charge in [-0.15, -0.1) is 0 Å². The maximum atomic E-state index is 15.0. The van der Waals surface area contributed by atoms with Crippen LogP contribution in [0.4, 0.5) is 58.4 Å². The number of nitrogens with two attached hydrogens (primary N) is 2. The largest absolute Gasteiger partial charge is 0.398 e. The summed E-state index contributed by atoms with van der Waals surface area (Å²) < 4.78 is 176. The number of rotatable bonds is 3. The van der Waals surface area contributed by atoms with Gasteiger partial charge in [-0.2, -0.15) is 15.8 Å². The van der Waals surface area contributed by atoms with Crippen LogP contribution in [0.25, 0.3) is 16.8 Å². The molecule has 4 rings (SSSR count). The van der Waals surface area contributed by atoms with Gasteiger partial charge in [0, 0.05) is 22.3 Å². The van der Waals surface area contributed by atoms with Crippen molar-refractivity contribution >= 4 is 22.5 Å². The minimum Gasteiger partial charge on any atom is -0.398 e. The van der Waals surface area contributed by atoms with Crippen LogP contribution in [0.15, 0.2) is 16.7 Å². The van der Waals surface area contributed by atoms with Gasteiger partial charge < -0.3 is 11.5 Å². The highest BCUT2D eigenvalue weighted by molar-refractivity contribution is 6.10. The molecule has 45 heavy (non-hydrogen) atoms. The molecule has 0 amide bonds. The highest BCUT2D eigenvalue weighted by Gasteiger charge is 2.45. The van der Waals surface area contributed by atoms with Crippen molar-refractivity contribution in [1.82, 2.24) is 0 Å². The molecule has 0 atom stereocenters. The van der Waals surface area contributed by atoms with E-state index in [1.165, 1.54) is 0 Å². The normalized spacial score (nSPS) is 15.7. The van der Waals surface area contributed by atoms with E-state index in [0.29, 0.717) is 6.92 Å². The molecule has 1 aliphatic rings. The van der Waals surface area contributed by atoms with Crippen LogP contribution in [-0.4, -0.2) is 0 Å². The number of nitrogen functional groups attached to an aromatic ring is 1. The molecule has 1 fully saturated rings. The lowest BCUT2D eigenvalue weighted by Gasteiger charge is -2.10. The van der Waals surface area contributed by atoms with E-state index in [9.17, 15) is 63.2 Å². The zero-order chi connectivity index (χ0) is 34.0. The molecule has 4 N–H and O–H groups in total. The molecule has 17 heteroatoms. The first-order chi connectivity index (χ1) is 21.0. The molecule has 0 unspecified atom stereocenters. The molecule has 0 heterocycles. The molecule has 5 nitrogen and oxygen atoms in total. The second kappa shape index (κ2) is 11.0. The van der Waals surface area contributed by atoms with Crippen LogP contribution in [0, 0.1) is 111 Å². The number of nitriles is 3. The topological polar surface area (TPSA) is 123 Å². The summed E-state index contributed by atoms with van der Waals surface area (Å²) in [6.07, 6.45) is 0. The highest BCUT2D eigenvalue weighted by atomic mass is 19.2. The van der Waals surface area contributed by atoms with Crippen LogP contribution in [-0.2, 0) is 0 Å². The number of anilines is 1. The summed E-state index contributed by atoms with van der Waals surface area (Å²) in [5.74, 6) is -27.5. The average Bonchev–Trinajstić information content (AvgIpc) is 3.75. The van der Waals surface area contributed by atoms with E-state index in [1.54, 1.807) is 0 Å². The minimum absolute atomic E-state index is 0.578. The summed E-state index contributed by atoms with van der Waals surface area (Å²) in [5.41, 5.74) is -8.37. The van der Waals surface area contributed by atoms with Crippen LogP contribution in [0.5, 0.6) is 0 Å².